The average Bonchev–Trinajstić information content (AvgIpc) is 2.49. The minimum absolute atomic E-state index is 0.0463. The number of carbonyl (C=O) groups is 2. The Labute approximate surface area is 117 Å². The number of carboxylic acid groups (broad SMARTS) is 1. The fourth-order valence-electron chi connectivity index (χ4n) is 1.96. The molecule has 0 fully saturated rings. The van der Waals surface area contributed by atoms with Crippen LogP contribution in [0.1, 0.15) is 22.8 Å². The van der Waals surface area contributed by atoms with Crippen LogP contribution in [-0.2, 0) is 4.79 Å². The summed E-state index contributed by atoms with van der Waals surface area (Å²) in [6, 6.07) is 17.5. The van der Waals surface area contributed by atoms with E-state index >= 15 is 0 Å². The predicted molar refractivity (Wildman–Crippen MR) is 77.4 cm³/mol. The van der Waals surface area contributed by atoms with Gasteiger partial charge in [-0.1, -0.05) is 60.7 Å². The first-order valence-electron chi connectivity index (χ1n) is 6.20. The molecule has 0 unspecified atom stereocenters. The fourth-order valence-corrected chi connectivity index (χ4v) is 1.96. The molecule has 3 heteroatoms. The number of aliphatic carboxylic acids is 1. The number of allylic oxidation sites excluding steroid dienone is 1. The summed E-state index contributed by atoms with van der Waals surface area (Å²) in [5.74, 6) is -1.37. The largest absolute Gasteiger partial charge is 0.478 e. The highest BCUT2D eigenvalue weighted by Gasteiger charge is 2.20. The summed E-state index contributed by atoms with van der Waals surface area (Å²) in [5.41, 5.74) is 1.36. The normalized spacial score (nSPS) is 11.7. The maximum Gasteiger partial charge on any atom is 0.332 e. The summed E-state index contributed by atoms with van der Waals surface area (Å²) in [6.45, 7) is 1.45. The molecule has 0 aromatic heterocycles. The molecule has 0 heterocycles. The van der Waals surface area contributed by atoms with Gasteiger partial charge in [-0.05, 0) is 12.5 Å². The van der Waals surface area contributed by atoms with Crippen LogP contribution in [0.3, 0.4) is 0 Å². The molecule has 0 amide bonds. The van der Waals surface area contributed by atoms with E-state index in [0.29, 0.717) is 11.1 Å². The van der Waals surface area contributed by atoms with Gasteiger partial charge in [0.15, 0.2) is 5.78 Å². The Hall–Kier alpha value is -2.68. The van der Waals surface area contributed by atoms with Gasteiger partial charge in [-0.25, -0.2) is 4.79 Å². The standard InChI is InChI=1S/C17H14O3/c1-12(17(19)20)15(13-8-4-2-5-9-13)16(18)14-10-6-3-7-11-14/h2-11H,1H3,(H,19,20). The van der Waals surface area contributed by atoms with Crippen molar-refractivity contribution in [3.63, 3.8) is 0 Å². The van der Waals surface area contributed by atoms with Crippen molar-refractivity contribution in [3.8, 4) is 0 Å². The van der Waals surface area contributed by atoms with Crippen molar-refractivity contribution in [1.29, 1.82) is 0 Å². The summed E-state index contributed by atoms with van der Waals surface area (Å²) < 4.78 is 0. The molecular formula is C17H14O3. The molecule has 100 valence electrons. The molecule has 0 aliphatic rings. The van der Waals surface area contributed by atoms with E-state index in [4.69, 9.17) is 0 Å². The molecule has 1 N–H and O–H groups in total. The van der Waals surface area contributed by atoms with Gasteiger partial charge in [0, 0.05) is 16.7 Å². The number of hydrogen-bond acceptors (Lipinski definition) is 2. The Morgan fingerprint density at radius 3 is 1.70 bits per heavy atom. The molecule has 0 saturated heterocycles. The van der Waals surface area contributed by atoms with Crippen molar-refractivity contribution in [1.82, 2.24) is 0 Å². The van der Waals surface area contributed by atoms with Crippen LogP contribution in [0.15, 0.2) is 66.2 Å². The maximum absolute atomic E-state index is 12.6. The lowest BCUT2D eigenvalue weighted by Gasteiger charge is -2.09. The summed E-state index contributed by atoms with van der Waals surface area (Å²) in [5, 5.41) is 9.20. The number of carbonyl (C=O) groups excluding carboxylic acids is 1. The highest BCUT2D eigenvalue weighted by atomic mass is 16.4. The van der Waals surface area contributed by atoms with Crippen LogP contribution in [0.4, 0.5) is 0 Å². The van der Waals surface area contributed by atoms with Crippen molar-refractivity contribution in [2.24, 2.45) is 0 Å². The van der Waals surface area contributed by atoms with E-state index in [9.17, 15) is 14.7 Å². The summed E-state index contributed by atoms with van der Waals surface area (Å²) in [4.78, 5) is 23.8. The SMILES string of the molecule is CC(C(=O)O)=C(C(=O)c1ccccc1)c1ccccc1. The van der Waals surface area contributed by atoms with Gasteiger partial charge in [-0.15, -0.1) is 0 Å². The summed E-state index contributed by atoms with van der Waals surface area (Å²) in [6.07, 6.45) is 0. The molecule has 0 bridgehead atoms. The molecule has 0 atom stereocenters. The molecular weight excluding hydrogens is 252 g/mol. The minimum atomic E-state index is -1.09. The van der Waals surface area contributed by atoms with E-state index in [0.717, 1.165) is 0 Å². The summed E-state index contributed by atoms with van der Waals surface area (Å²) >= 11 is 0. The number of rotatable bonds is 4. The number of ketones is 1. The van der Waals surface area contributed by atoms with Crippen LogP contribution < -0.4 is 0 Å². The molecule has 0 aliphatic carbocycles. The lowest BCUT2D eigenvalue weighted by molar-refractivity contribution is -0.132. The molecule has 2 aromatic carbocycles. The second-order valence-corrected chi connectivity index (χ2v) is 4.37. The van der Waals surface area contributed by atoms with Crippen LogP contribution in [0.2, 0.25) is 0 Å². The monoisotopic (exact) mass is 266 g/mol. The molecule has 2 aromatic rings. The summed E-state index contributed by atoms with van der Waals surface area (Å²) in [7, 11) is 0. The van der Waals surface area contributed by atoms with Gasteiger partial charge < -0.3 is 5.11 Å². The third kappa shape index (κ3) is 2.83. The Morgan fingerprint density at radius 1 is 0.800 bits per heavy atom. The second kappa shape index (κ2) is 5.97. The Morgan fingerprint density at radius 2 is 1.25 bits per heavy atom. The van der Waals surface area contributed by atoms with Crippen LogP contribution in [-0.4, -0.2) is 16.9 Å². The van der Waals surface area contributed by atoms with Gasteiger partial charge >= 0.3 is 5.97 Å². The van der Waals surface area contributed by atoms with E-state index in [1.54, 1.807) is 48.5 Å². The molecule has 0 saturated carbocycles. The van der Waals surface area contributed by atoms with Crippen molar-refractivity contribution >= 4 is 17.3 Å². The number of carboxylic acids is 1. The number of Topliss-reactive ketones (excluding diaryl/α,β-unsaturated/α-hetero) is 1. The van der Waals surface area contributed by atoms with E-state index in [1.807, 2.05) is 12.1 Å². The number of hydrogen-bond donors (Lipinski definition) is 1. The van der Waals surface area contributed by atoms with Crippen molar-refractivity contribution < 1.29 is 14.7 Å². The predicted octanol–water partition coefficient (Wildman–Crippen LogP) is 3.43. The molecule has 2 rings (SSSR count). The van der Waals surface area contributed by atoms with Crippen LogP contribution >= 0.6 is 0 Å². The van der Waals surface area contributed by atoms with Crippen LogP contribution in [0.25, 0.3) is 5.57 Å². The lowest BCUT2D eigenvalue weighted by atomic mass is 9.93. The molecule has 20 heavy (non-hydrogen) atoms. The zero-order valence-corrected chi connectivity index (χ0v) is 11.0. The van der Waals surface area contributed by atoms with E-state index in [-0.39, 0.29) is 16.9 Å². The Balaban J connectivity index is 2.58. The third-order valence-electron chi connectivity index (χ3n) is 3.02. The first kappa shape index (κ1) is 13.7. The maximum atomic E-state index is 12.6. The molecule has 0 aliphatic heterocycles. The quantitative estimate of drug-likeness (QED) is 0.681. The zero-order valence-electron chi connectivity index (χ0n) is 11.0. The first-order chi connectivity index (χ1) is 9.61. The highest BCUT2D eigenvalue weighted by Crippen LogP contribution is 2.23. The Kier molecular flexibility index (Phi) is 4.11. The fraction of sp³-hybridized carbons (Fsp3) is 0.0588. The topological polar surface area (TPSA) is 54.4 Å². The smallest absolute Gasteiger partial charge is 0.332 e. The first-order valence-corrected chi connectivity index (χ1v) is 6.20. The van der Waals surface area contributed by atoms with Crippen molar-refractivity contribution in [3.05, 3.63) is 77.4 Å². The van der Waals surface area contributed by atoms with E-state index in [1.165, 1.54) is 6.92 Å². The van der Waals surface area contributed by atoms with Crippen LogP contribution in [0, 0.1) is 0 Å². The molecule has 0 spiro atoms. The van der Waals surface area contributed by atoms with Crippen molar-refractivity contribution in [2.75, 3.05) is 0 Å². The van der Waals surface area contributed by atoms with Crippen LogP contribution in [0.5, 0.6) is 0 Å². The van der Waals surface area contributed by atoms with Gasteiger partial charge in [-0.3, -0.25) is 4.79 Å². The third-order valence-corrected chi connectivity index (χ3v) is 3.02. The van der Waals surface area contributed by atoms with Gasteiger partial charge in [-0.2, -0.15) is 0 Å². The minimum Gasteiger partial charge on any atom is -0.478 e. The molecule has 0 radical (unpaired) electrons. The second-order valence-electron chi connectivity index (χ2n) is 4.37. The average molecular weight is 266 g/mol. The molecule has 3 nitrogen and oxygen atoms in total. The lowest BCUT2D eigenvalue weighted by Crippen LogP contribution is -2.09. The number of benzene rings is 2. The van der Waals surface area contributed by atoms with Gasteiger partial charge in [0.1, 0.15) is 0 Å². The van der Waals surface area contributed by atoms with Gasteiger partial charge in [0.05, 0.1) is 0 Å². The highest BCUT2D eigenvalue weighted by molar-refractivity contribution is 6.32. The van der Waals surface area contributed by atoms with E-state index in [2.05, 4.69) is 0 Å². The zero-order chi connectivity index (χ0) is 14.5. The van der Waals surface area contributed by atoms with Crippen molar-refractivity contribution in [2.45, 2.75) is 6.92 Å². The van der Waals surface area contributed by atoms with E-state index < -0.39 is 5.97 Å². The van der Waals surface area contributed by atoms with Gasteiger partial charge in [0.25, 0.3) is 0 Å². The Bertz CT molecular complexity index is 655. The van der Waals surface area contributed by atoms with Gasteiger partial charge in [0.2, 0.25) is 0 Å².